The molecule has 8 heteroatoms. The maximum atomic E-state index is 14.9. The number of nitrogens with zero attached hydrogens (tertiary/aromatic N) is 3. The van der Waals surface area contributed by atoms with E-state index in [0.29, 0.717) is 10.8 Å². The standard InChI is InChI=1S/C31H32FN5OS/c1-18(2)30(38)34-25-14-13-22(16-19(25)3)37-29(28(35-31(37)39)26-11-8-9-15-33-26)23-17-20(4)36(21(23)5)27-12-7-6-10-24(27)32/h6-18,28-29H,1-5H3,(H,34,38)(H,35,39). The van der Waals surface area contributed by atoms with Crippen LogP contribution < -0.4 is 15.5 Å². The average Bonchev–Trinajstić information content (AvgIpc) is 3.41. The lowest BCUT2D eigenvalue weighted by Gasteiger charge is -2.29. The van der Waals surface area contributed by atoms with Gasteiger partial charge in [0.05, 0.1) is 23.5 Å². The van der Waals surface area contributed by atoms with Crippen LogP contribution in [-0.4, -0.2) is 20.6 Å². The molecule has 2 aromatic heterocycles. The first kappa shape index (κ1) is 26.6. The van der Waals surface area contributed by atoms with E-state index in [4.69, 9.17) is 12.2 Å². The van der Waals surface area contributed by atoms with Gasteiger partial charge in [0.2, 0.25) is 5.91 Å². The van der Waals surface area contributed by atoms with Gasteiger partial charge in [-0.3, -0.25) is 9.78 Å². The molecule has 0 radical (unpaired) electrons. The Morgan fingerprint density at radius 1 is 1.05 bits per heavy atom. The number of carbonyl (C=O) groups is 1. The number of nitrogens with one attached hydrogen (secondary N) is 2. The van der Waals surface area contributed by atoms with Gasteiger partial charge in [0.1, 0.15) is 5.82 Å². The Hall–Kier alpha value is -4.04. The lowest BCUT2D eigenvalue weighted by molar-refractivity contribution is -0.118. The van der Waals surface area contributed by atoms with Crippen molar-refractivity contribution in [2.24, 2.45) is 5.92 Å². The van der Waals surface area contributed by atoms with Crippen molar-refractivity contribution in [3.63, 3.8) is 0 Å². The highest BCUT2D eigenvalue weighted by molar-refractivity contribution is 7.80. The Morgan fingerprint density at radius 3 is 2.46 bits per heavy atom. The molecule has 2 aromatic carbocycles. The van der Waals surface area contributed by atoms with Gasteiger partial charge in [-0.2, -0.15) is 0 Å². The van der Waals surface area contributed by atoms with E-state index in [-0.39, 0.29) is 29.7 Å². The number of rotatable bonds is 6. The number of carbonyl (C=O) groups excluding carboxylic acids is 1. The highest BCUT2D eigenvalue weighted by Gasteiger charge is 2.42. The molecule has 1 fully saturated rings. The van der Waals surface area contributed by atoms with Crippen LogP contribution >= 0.6 is 12.2 Å². The Labute approximate surface area is 233 Å². The molecule has 1 aliphatic heterocycles. The summed E-state index contributed by atoms with van der Waals surface area (Å²) in [4.78, 5) is 19.1. The second-order valence-electron chi connectivity index (χ2n) is 10.3. The summed E-state index contributed by atoms with van der Waals surface area (Å²) < 4.78 is 16.8. The number of aromatic nitrogens is 2. The van der Waals surface area contributed by atoms with Gasteiger partial charge in [-0.05, 0) is 92.6 Å². The minimum atomic E-state index is -0.279. The number of thiocarbonyl (C=S) groups is 1. The van der Waals surface area contributed by atoms with Crippen molar-refractivity contribution in [3.8, 4) is 5.69 Å². The maximum Gasteiger partial charge on any atom is 0.226 e. The zero-order valence-electron chi connectivity index (χ0n) is 22.7. The van der Waals surface area contributed by atoms with Gasteiger partial charge in [-0.25, -0.2) is 4.39 Å². The lowest BCUT2D eigenvalue weighted by atomic mass is 9.96. The zero-order valence-corrected chi connectivity index (χ0v) is 23.5. The summed E-state index contributed by atoms with van der Waals surface area (Å²) in [6.07, 6.45) is 1.78. The molecular weight excluding hydrogens is 509 g/mol. The largest absolute Gasteiger partial charge is 0.351 e. The van der Waals surface area contributed by atoms with Crippen LogP contribution in [0.1, 0.15) is 54.1 Å². The molecule has 0 spiro atoms. The van der Waals surface area contributed by atoms with E-state index in [0.717, 1.165) is 39.6 Å². The molecule has 39 heavy (non-hydrogen) atoms. The Bertz CT molecular complexity index is 1550. The topological polar surface area (TPSA) is 62.2 Å². The van der Waals surface area contributed by atoms with Crippen LogP contribution in [-0.2, 0) is 4.79 Å². The predicted molar refractivity (Wildman–Crippen MR) is 158 cm³/mol. The van der Waals surface area contributed by atoms with Gasteiger partial charge >= 0.3 is 0 Å². The second-order valence-corrected chi connectivity index (χ2v) is 10.6. The minimum Gasteiger partial charge on any atom is -0.351 e. The zero-order chi connectivity index (χ0) is 27.8. The number of pyridine rings is 1. The van der Waals surface area contributed by atoms with Crippen LogP contribution in [0.5, 0.6) is 0 Å². The summed E-state index contributed by atoms with van der Waals surface area (Å²) >= 11 is 5.90. The molecule has 5 rings (SSSR count). The average molecular weight is 542 g/mol. The molecule has 1 amide bonds. The van der Waals surface area contributed by atoms with E-state index in [2.05, 4.69) is 26.6 Å². The second kappa shape index (κ2) is 10.6. The first-order valence-corrected chi connectivity index (χ1v) is 13.4. The first-order valence-electron chi connectivity index (χ1n) is 13.0. The molecule has 2 atom stereocenters. The van der Waals surface area contributed by atoms with E-state index in [9.17, 15) is 9.18 Å². The third kappa shape index (κ3) is 4.92. The van der Waals surface area contributed by atoms with Gasteiger partial charge in [-0.1, -0.05) is 32.0 Å². The van der Waals surface area contributed by atoms with E-state index in [1.54, 1.807) is 18.3 Å². The van der Waals surface area contributed by atoms with Gasteiger partial charge in [0, 0.05) is 34.9 Å². The quantitative estimate of drug-likeness (QED) is 0.266. The Morgan fingerprint density at radius 2 is 1.79 bits per heavy atom. The number of hydrogen-bond acceptors (Lipinski definition) is 3. The molecule has 1 aliphatic rings. The van der Waals surface area contributed by atoms with Crippen LogP contribution in [0.15, 0.2) is 72.9 Å². The van der Waals surface area contributed by atoms with Crippen molar-refractivity contribution in [2.75, 3.05) is 10.2 Å². The number of anilines is 2. The van der Waals surface area contributed by atoms with Gasteiger partial charge in [0.25, 0.3) is 0 Å². The van der Waals surface area contributed by atoms with Crippen molar-refractivity contribution in [3.05, 3.63) is 107 Å². The molecule has 2 unspecified atom stereocenters. The van der Waals surface area contributed by atoms with E-state index >= 15 is 0 Å². The summed E-state index contributed by atoms with van der Waals surface area (Å²) in [6, 6.07) is 20.2. The molecular formula is C31H32FN5OS. The summed E-state index contributed by atoms with van der Waals surface area (Å²) in [5.74, 6) is -0.427. The van der Waals surface area contributed by atoms with Crippen LogP contribution in [0.3, 0.4) is 0 Å². The lowest BCUT2D eigenvalue weighted by Crippen LogP contribution is -2.29. The number of para-hydroxylation sites is 1. The highest BCUT2D eigenvalue weighted by Crippen LogP contribution is 2.44. The number of aryl methyl sites for hydroxylation is 2. The fraction of sp³-hybridized carbons (Fsp3) is 0.258. The number of hydrogen-bond donors (Lipinski definition) is 2. The van der Waals surface area contributed by atoms with Gasteiger partial charge < -0.3 is 20.1 Å². The first-order chi connectivity index (χ1) is 18.7. The fourth-order valence-electron chi connectivity index (χ4n) is 5.25. The molecule has 6 nitrogen and oxygen atoms in total. The van der Waals surface area contributed by atoms with Crippen LogP contribution in [0.4, 0.5) is 15.8 Å². The number of amides is 1. The summed E-state index contributed by atoms with van der Waals surface area (Å²) in [6.45, 7) is 9.71. The van der Waals surface area contributed by atoms with Crippen molar-refractivity contribution >= 4 is 34.6 Å². The van der Waals surface area contributed by atoms with Crippen LogP contribution in [0.2, 0.25) is 0 Å². The summed E-state index contributed by atoms with van der Waals surface area (Å²) in [5, 5.41) is 7.08. The van der Waals surface area contributed by atoms with E-state index < -0.39 is 0 Å². The third-order valence-electron chi connectivity index (χ3n) is 7.25. The van der Waals surface area contributed by atoms with Crippen molar-refractivity contribution in [1.82, 2.24) is 14.9 Å². The van der Waals surface area contributed by atoms with Crippen LogP contribution in [0.25, 0.3) is 5.69 Å². The summed E-state index contributed by atoms with van der Waals surface area (Å²) in [5.41, 5.74) is 6.84. The van der Waals surface area contributed by atoms with E-state index in [1.165, 1.54) is 6.07 Å². The maximum absolute atomic E-state index is 14.9. The van der Waals surface area contributed by atoms with Crippen LogP contribution in [0, 0.1) is 32.5 Å². The monoisotopic (exact) mass is 541 g/mol. The Balaban J connectivity index is 1.63. The molecule has 0 aliphatic carbocycles. The molecule has 1 saturated heterocycles. The van der Waals surface area contributed by atoms with Crippen molar-refractivity contribution in [2.45, 2.75) is 46.7 Å². The molecule has 4 aromatic rings. The minimum absolute atomic E-state index is 0.0297. The fourth-order valence-corrected chi connectivity index (χ4v) is 5.60. The van der Waals surface area contributed by atoms with Gasteiger partial charge in [0.15, 0.2) is 5.11 Å². The normalized spacial score (nSPS) is 17.0. The number of halogens is 1. The van der Waals surface area contributed by atoms with Gasteiger partial charge in [-0.15, -0.1) is 0 Å². The molecule has 0 bridgehead atoms. The number of benzene rings is 2. The molecule has 200 valence electrons. The summed E-state index contributed by atoms with van der Waals surface area (Å²) in [7, 11) is 0. The predicted octanol–water partition coefficient (Wildman–Crippen LogP) is 6.71. The van der Waals surface area contributed by atoms with E-state index in [1.807, 2.05) is 81.7 Å². The SMILES string of the molecule is Cc1cc(N2C(=S)NC(c3ccccn3)C2c2cc(C)n(-c3ccccc3F)c2C)ccc1NC(=O)C(C)C. The molecule has 2 N–H and O–H groups in total. The Kier molecular flexibility index (Phi) is 7.23. The third-order valence-corrected chi connectivity index (χ3v) is 7.57. The smallest absolute Gasteiger partial charge is 0.226 e. The van der Waals surface area contributed by atoms with Crippen molar-refractivity contribution < 1.29 is 9.18 Å². The molecule has 0 saturated carbocycles. The highest BCUT2D eigenvalue weighted by atomic mass is 32.1. The molecule has 3 heterocycles. The van der Waals surface area contributed by atoms with Crippen molar-refractivity contribution in [1.29, 1.82) is 0 Å².